The fourth-order valence-corrected chi connectivity index (χ4v) is 5.45. The first kappa shape index (κ1) is 29.7. The molecule has 0 fully saturated rings. The number of aromatic nitrogens is 2. The molecule has 234 valence electrons. The lowest BCUT2D eigenvalue weighted by Crippen LogP contribution is -2.09. The summed E-state index contributed by atoms with van der Waals surface area (Å²) in [5.41, 5.74) is 3.78. The molecular weight excluding hydrogens is 588 g/mol. The molecule has 0 atom stereocenters. The summed E-state index contributed by atoms with van der Waals surface area (Å²) in [7, 11) is 0. The summed E-state index contributed by atoms with van der Waals surface area (Å²) in [4.78, 5) is 9.62. The Morgan fingerprint density at radius 2 is 0.978 bits per heavy atom. The van der Waals surface area contributed by atoms with Crippen molar-refractivity contribution in [2.24, 2.45) is 0 Å². The lowest BCUT2D eigenvalue weighted by Gasteiger charge is -2.13. The van der Waals surface area contributed by atoms with E-state index in [9.17, 15) is 0 Å². The zero-order chi connectivity index (χ0) is 31.3. The Bertz CT molecular complexity index is 1920. The van der Waals surface area contributed by atoms with Crippen molar-refractivity contribution >= 4 is 43.7 Å². The average molecular weight is 621 g/mol. The van der Waals surface area contributed by atoms with E-state index < -0.39 is 0 Å². The van der Waals surface area contributed by atoms with Crippen molar-refractivity contribution in [2.45, 2.75) is 0 Å². The standard InChI is InChI=1S/C36H32N2O8/c39-13-15-41-17-19-43-33-25-7-3-1-5-23(25)9-11-27(33)35-37-29-21-32-30(22-31(29)45-35)38-36(46-32)28-12-10-24-6-2-4-8-26(24)34(28)44-20-18-42-16-14-40/h1-12,21-22,39-40H,13-20H2. The summed E-state index contributed by atoms with van der Waals surface area (Å²) >= 11 is 0. The van der Waals surface area contributed by atoms with Gasteiger partial charge in [0, 0.05) is 22.9 Å². The first-order chi connectivity index (χ1) is 22.7. The van der Waals surface area contributed by atoms with Gasteiger partial charge in [0.1, 0.15) is 35.7 Å². The number of nitrogens with zero attached hydrogens (tertiary/aromatic N) is 2. The zero-order valence-corrected chi connectivity index (χ0v) is 25.0. The van der Waals surface area contributed by atoms with E-state index in [0.717, 1.165) is 21.5 Å². The van der Waals surface area contributed by atoms with Crippen LogP contribution < -0.4 is 9.47 Å². The number of rotatable bonds is 14. The van der Waals surface area contributed by atoms with Crippen LogP contribution in [0.4, 0.5) is 0 Å². The predicted octanol–water partition coefficient (Wildman–Crippen LogP) is 6.38. The van der Waals surface area contributed by atoms with Gasteiger partial charge in [0.15, 0.2) is 11.2 Å². The zero-order valence-electron chi connectivity index (χ0n) is 25.0. The molecule has 0 radical (unpaired) electrons. The van der Waals surface area contributed by atoms with E-state index >= 15 is 0 Å². The van der Waals surface area contributed by atoms with Crippen LogP contribution >= 0.6 is 0 Å². The second kappa shape index (κ2) is 13.6. The van der Waals surface area contributed by atoms with Crippen molar-refractivity contribution in [3.8, 4) is 34.4 Å². The highest BCUT2D eigenvalue weighted by Crippen LogP contribution is 2.40. The van der Waals surface area contributed by atoms with E-state index in [0.29, 0.717) is 83.0 Å². The van der Waals surface area contributed by atoms with Crippen LogP contribution in [-0.2, 0) is 9.47 Å². The summed E-state index contributed by atoms with van der Waals surface area (Å²) in [6.45, 7) is 1.70. The average Bonchev–Trinajstić information content (AvgIpc) is 3.70. The molecule has 0 bridgehead atoms. The molecule has 0 spiro atoms. The molecule has 7 rings (SSSR count). The molecule has 0 aliphatic rings. The highest BCUT2D eigenvalue weighted by Gasteiger charge is 2.20. The normalized spacial score (nSPS) is 11.7. The first-order valence-electron chi connectivity index (χ1n) is 15.1. The van der Waals surface area contributed by atoms with Crippen molar-refractivity contribution in [1.29, 1.82) is 0 Å². The SMILES string of the molecule is OCCOCCOc1c(-c2nc3cc4oc(-c5ccc6ccccc6c5OCCOCCO)nc4cc3o2)ccc2ccccc12. The van der Waals surface area contributed by atoms with Crippen LogP contribution in [0.1, 0.15) is 0 Å². The molecule has 0 unspecified atom stereocenters. The van der Waals surface area contributed by atoms with Crippen LogP contribution in [0.15, 0.2) is 93.8 Å². The highest BCUT2D eigenvalue weighted by molar-refractivity contribution is 5.97. The van der Waals surface area contributed by atoms with Gasteiger partial charge in [0.25, 0.3) is 0 Å². The fourth-order valence-electron chi connectivity index (χ4n) is 5.45. The van der Waals surface area contributed by atoms with Gasteiger partial charge in [-0.2, -0.15) is 0 Å². The fraction of sp³-hybridized carbons (Fsp3) is 0.222. The molecule has 2 N–H and O–H groups in total. The Labute approximate surface area is 263 Å². The second-order valence-electron chi connectivity index (χ2n) is 10.5. The van der Waals surface area contributed by atoms with E-state index in [1.54, 1.807) is 0 Å². The molecule has 0 aliphatic heterocycles. The number of aliphatic hydroxyl groups excluding tert-OH is 2. The van der Waals surface area contributed by atoms with Crippen LogP contribution in [0, 0.1) is 0 Å². The van der Waals surface area contributed by atoms with E-state index in [-0.39, 0.29) is 26.4 Å². The minimum absolute atomic E-state index is 0.0413. The van der Waals surface area contributed by atoms with Crippen LogP contribution in [0.3, 0.4) is 0 Å². The number of ether oxygens (including phenoxy) is 4. The van der Waals surface area contributed by atoms with Crippen molar-refractivity contribution in [1.82, 2.24) is 9.97 Å². The summed E-state index contributed by atoms with van der Waals surface area (Å²) in [5, 5.41) is 21.9. The van der Waals surface area contributed by atoms with Crippen LogP contribution in [0.25, 0.3) is 66.7 Å². The molecule has 2 aromatic heterocycles. The predicted molar refractivity (Wildman–Crippen MR) is 174 cm³/mol. The Morgan fingerprint density at radius 3 is 1.43 bits per heavy atom. The van der Waals surface area contributed by atoms with Gasteiger partial charge in [-0.25, -0.2) is 9.97 Å². The lowest BCUT2D eigenvalue weighted by atomic mass is 10.1. The maximum Gasteiger partial charge on any atom is 0.231 e. The molecule has 5 aromatic carbocycles. The van der Waals surface area contributed by atoms with Crippen LogP contribution in [0.2, 0.25) is 0 Å². The molecule has 0 saturated carbocycles. The molecule has 10 heteroatoms. The third-order valence-corrected chi connectivity index (χ3v) is 7.54. The molecule has 0 saturated heterocycles. The lowest BCUT2D eigenvalue weighted by molar-refractivity contribution is 0.0709. The van der Waals surface area contributed by atoms with E-state index in [4.69, 9.17) is 48.0 Å². The molecule has 0 aliphatic carbocycles. The third kappa shape index (κ3) is 5.99. The minimum atomic E-state index is -0.0413. The molecule has 46 heavy (non-hydrogen) atoms. The molecule has 2 heterocycles. The van der Waals surface area contributed by atoms with Crippen LogP contribution in [-0.4, -0.2) is 73.0 Å². The van der Waals surface area contributed by atoms with Gasteiger partial charge in [-0.1, -0.05) is 60.7 Å². The maximum atomic E-state index is 9.01. The number of hydrogen-bond acceptors (Lipinski definition) is 10. The maximum absolute atomic E-state index is 9.01. The molecular formula is C36H32N2O8. The van der Waals surface area contributed by atoms with Crippen LogP contribution in [0.5, 0.6) is 11.5 Å². The summed E-state index contributed by atoms with van der Waals surface area (Å²) in [6, 6.07) is 27.5. The van der Waals surface area contributed by atoms with E-state index in [1.807, 2.05) is 84.9 Å². The minimum Gasteiger partial charge on any atom is -0.490 e. The summed E-state index contributed by atoms with van der Waals surface area (Å²) in [5.74, 6) is 2.11. The monoisotopic (exact) mass is 620 g/mol. The van der Waals surface area contributed by atoms with Crippen molar-refractivity contribution in [2.75, 3.05) is 52.9 Å². The van der Waals surface area contributed by atoms with Gasteiger partial charge in [-0.3, -0.25) is 0 Å². The molecule has 7 aromatic rings. The number of aliphatic hydroxyl groups is 2. The summed E-state index contributed by atoms with van der Waals surface area (Å²) in [6.07, 6.45) is 0. The van der Waals surface area contributed by atoms with Crippen molar-refractivity contribution in [3.63, 3.8) is 0 Å². The van der Waals surface area contributed by atoms with Gasteiger partial charge in [-0.05, 0) is 22.9 Å². The van der Waals surface area contributed by atoms with Gasteiger partial charge in [0.2, 0.25) is 11.8 Å². The second-order valence-corrected chi connectivity index (χ2v) is 10.5. The van der Waals surface area contributed by atoms with Gasteiger partial charge >= 0.3 is 0 Å². The van der Waals surface area contributed by atoms with E-state index in [2.05, 4.69) is 0 Å². The van der Waals surface area contributed by atoms with Gasteiger partial charge < -0.3 is 38.0 Å². The molecule has 10 nitrogen and oxygen atoms in total. The number of hydrogen-bond donors (Lipinski definition) is 2. The van der Waals surface area contributed by atoms with Crippen molar-refractivity contribution < 1.29 is 38.0 Å². The summed E-state index contributed by atoms with van der Waals surface area (Å²) < 4.78 is 35.8. The Balaban J connectivity index is 1.23. The van der Waals surface area contributed by atoms with E-state index in [1.165, 1.54) is 0 Å². The molecule has 0 amide bonds. The number of fused-ring (bicyclic) bond motifs is 4. The quantitative estimate of drug-likeness (QED) is 0.132. The number of oxazole rings is 2. The Hall–Kier alpha value is -5.00. The third-order valence-electron chi connectivity index (χ3n) is 7.54. The van der Waals surface area contributed by atoms with Gasteiger partial charge in [-0.15, -0.1) is 0 Å². The Morgan fingerprint density at radius 1 is 0.522 bits per heavy atom. The van der Waals surface area contributed by atoms with Crippen molar-refractivity contribution in [3.05, 3.63) is 84.9 Å². The largest absolute Gasteiger partial charge is 0.490 e. The number of benzene rings is 5. The van der Waals surface area contributed by atoms with Gasteiger partial charge in [0.05, 0.1) is 50.8 Å². The smallest absolute Gasteiger partial charge is 0.231 e. The Kier molecular flexibility index (Phi) is 8.75. The first-order valence-corrected chi connectivity index (χ1v) is 15.1. The highest BCUT2D eigenvalue weighted by atomic mass is 16.5. The topological polar surface area (TPSA) is 129 Å².